The molecule has 0 amide bonds. The Hall–Kier alpha value is -1.64. The molecule has 0 fully saturated rings. The molecule has 2 aromatic rings. The van der Waals surface area contributed by atoms with Gasteiger partial charge in [0.1, 0.15) is 5.82 Å². The van der Waals surface area contributed by atoms with Crippen LogP contribution in [0.4, 0.5) is 0 Å². The predicted octanol–water partition coefficient (Wildman–Crippen LogP) is 2.28. The summed E-state index contributed by atoms with van der Waals surface area (Å²) in [6, 6.07) is 4.07. The molecule has 15 heavy (non-hydrogen) atoms. The Balaban J connectivity index is 2.14. The molecule has 2 heterocycles. The summed E-state index contributed by atoms with van der Waals surface area (Å²) in [5.74, 6) is 1.16. The van der Waals surface area contributed by atoms with Crippen molar-refractivity contribution in [2.75, 3.05) is 0 Å². The van der Waals surface area contributed by atoms with E-state index in [0.29, 0.717) is 0 Å². The molecule has 3 heteroatoms. The zero-order chi connectivity index (χ0) is 10.5. The van der Waals surface area contributed by atoms with Crippen LogP contribution in [-0.4, -0.2) is 14.5 Å². The van der Waals surface area contributed by atoms with Crippen LogP contribution in [0.2, 0.25) is 0 Å². The van der Waals surface area contributed by atoms with E-state index in [-0.39, 0.29) is 0 Å². The van der Waals surface area contributed by atoms with Gasteiger partial charge >= 0.3 is 0 Å². The average Bonchev–Trinajstić information content (AvgIpc) is 2.68. The number of hydrogen-bond donors (Lipinski definition) is 0. The van der Waals surface area contributed by atoms with Crippen LogP contribution in [0, 0.1) is 0 Å². The van der Waals surface area contributed by atoms with Crippen LogP contribution in [0.5, 0.6) is 0 Å². The molecular formula is C12H15N3. The maximum atomic E-state index is 4.35. The van der Waals surface area contributed by atoms with Crippen molar-refractivity contribution < 1.29 is 0 Å². The lowest BCUT2D eigenvalue weighted by Crippen LogP contribution is -2.04. The second-order valence-corrected chi connectivity index (χ2v) is 3.58. The first kappa shape index (κ1) is 9.90. The summed E-state index contributed by atoms with van der Waals surface area (Å²) in [7, 11) is 0. The summed E-state index contributed by atoms with van der Waals surface area (Å²) in [5, 5.41) is 0. The van der Waals surface area contributed by atoms with Crippen molar-refractivity contribution in [1.29, 1.82) is 0 Å². The van der Waals surface area contributed by atoms with E-state index in [4.69, 9.17) is 0 Å². The fourth-order valence-corrected chi connectivity index (χ4v) is 1.62. The van der Waals surface area contributed by atoms with E-state index >= 15 is 0 Å². The van der Waals surface area contributed by atoms with Crippen molar-refractivity contribution in [3.8, 4) is 0 Å². The van der Waals surface area contributed by atoms with Crippen molar-refractivity contribution in [2.24, 2.45) is 0 Å². The molecule has 3 nitrogen and oxygen atoms in total. The van der Waals surface area contributed by atoms with Gasteiger partial charge in [0.15, 0.2) is 0 Å². The first-order chi connectivity index (χ1) is 7.40. The molecule has 0 atom stereocenters. The summed E-state index contributed by atoms with van der Waals surface area (Å²) in [4.78, 5) is 8.36. The summed E-state index contributed by atoms with van der Waals surface area (Å²) < 4.78 is 2.19. The van der Waals surface area contributed by atoms with Gasteiger partial charge in [0.25, 0.3) is 0 Å². The molecule has 0 aliphatic rings. The van der Waals surface area contributed by atoms with Gasteiger partial charge in [0.2, 0.25) is 0 Å². The molecule has 0 aliphatic carbocycles. The van der Waals surface area contributed by atoms with Crippen molar-refractivity contribution in [1.82, 2.24) is 14.5 Å². The molecule has 2 rings (SSSR count). The standard InChI is InChI=1S/C12H15N3/c1-2-3-12-14-8-9-15(12)10-11-4-6-13-7-5-11/h4-9H,2-3,10H2,1H3. The lowest BCUT2D eigenvalue weighted by molar-refractivity contribution is 0.704. The maximum absolute atomic E-state index is 4.35. The fourth-order valence-electron chi connectivity index (χ4n) is 1.62. The van der Waals surface area contributed by atoms with Crippen LogP contribution < -0.4 is 0 Å². The highest BCUT2D eigenvalue weighted by Gasteiger charge is 2.01. The van der Waals surface area contributed by atoms with E-state index in [1.165, 1.54) is 5.56 Å². The minimum absolute atomic E-state index is 0.887. The molecular weight excluding hydrogens is 186 g/mol. The Morgan fingerprint density at radius 1 is 1.20 bits per heavy atom. The molecule has 0 bridgehead atoms. The molecule has 0 N–H and O–H groups in total. The second kappa shape index (κ2) is 4.73. The largest absolute Gasteiger partial charge is 0.331 e. The Kier molecular flexibility index (Phi) is 3.12. The third-order valence-electron chi connectivity index (χ3n) is 2.38. The van der Waals surface area contributed by atoms with E-state index in [0.717, 1.165) is 25.2 Å². The Labute approximate surface area is 89.8 Å². The van der Waals surface area contributed by atoms with Gasteiger partial charge in [-0.05, 0) is 24.1 Å². The Bertz CT molecular complexity index is 406. The van der Waals surface area contributed by atoms with Gasteiger partial charge in [-0.25, -0.2) is 4.98 Å². The van der Waals surface area contributed by atoms with Crippen molar-refractivity contribution >= 4 is 0 Å². The highest BCUT2D eigenvalue weighted by Crippen LogP contribution is 2.06. The molecule has 0 unspecified atom stereocenters. The van der Waals surface area contributed by atoms with Crippen LogP contribution in [0.3, 0.4) is 0 Å². The lowest BCUT2D eigenvalue weighted by Gasteiger charge is -2.06. The van der Waals surface area contributed by atoms with E-state index < -0.39 is 0 Å². The van der Waals surface area contributed by atoms with Gasteiger partial charge in [-0.3, -0.25) is 4.98 Å². The molecule has 78 valence electrons. The van der Waals surface area contributed by atoms with Crippen LogP contribution in [-0.2, 0) is 13.0 Å². The smallest absolute Gasteiger partial charge is 0.108 e. The molecule has 0 radical (unpaired) electrons. The van der Waals surface area contributed by atoms with Crippen LogP contribution in [0.25, 0.3) is 0 Å². The summed E-state index contributed by atoms with van der Waals surface area (Å²) >= 11 is 0. The quantitative estimate of drug-likeness (QED) is 0.759. The first-order valence-electron chi connectivity index (χ1n) is 5.29. The summed E-state index contributed by atoms with van der Waals surface area (Å²) in [5.41, 5.74) is 1.26. The predicted molar refractivity (Wildman–Crippen MR) is 59.6 cm³/mol. The third-order valence-corrected chi connectivity index (χ3v) is 2.38. The molecule has 0 aliphatic heterocycles. The van der Waals surface area contributed by atoms with Gasteiger partial charge in [-0.15, -0.1) is 0 Å². The highest BCUT2D eigenvalue weighted by atomic mass is 15.1. The number of imidazole rings is 1. The SMILES string of the molecule is CCCc1nccn1Cc1ccncc1. The Morgan fingerprint density at radius 2 is 2.00 bits per heavy atom. The van der Waals surface area contributed by atoms with Crippen molar-refractivity contribution in [3.63, 3.8) is 0 Å². The van der Waals surface area contributed by atoms with Gasteiger partial charge in [-0.2, -0.15) is 0 Å². The molecule has 0 saturated heterocycles. The lowest BCUT2D eigenvalue weighted by atomic mass is 10.2. The maximum Gasteiger partial charge on any atom is 0.108 e. The number of rotatable bonds is 4. The number of pyridine rings is 1. The average molecular weight is 201 g/mol. The van der Waals surface area contributed by atoms with Crippen LogP contribution >= 0.6 is 0 Å². The molecule has 0 saturated carbocycles. The van der Waals surface area contributed by atoms with Crippen LogP contribution in [0.15, 0.2) is 36.9 Å². The zero-order valence-electron chi connectivity index (χ0n) is 8.93. The molecule has 2 aromatic heterocycles. The Morgan fingerprint density at radius 3 is 2.73 bits per heavy atom. The topological polar surface area (TPSA) is 30.7 Å². The van der Waals surface area contributed by atoms with E-state index in [2.05, 4.69) is 21.5 Å². The van der Waals surface area contributed by atoms with Gasteiger partial charge < -0.3 is 4.57 Å². The minimum atomic E-state index is 0.887. The number of aryl methyl sites for hydroxylation is 1. The first-order valence-corrected chi connectivity index (χ1v) is 5.29. The number of nitrogens with zero attached hydrogens (tertiary/aromatic N) is 3. The van der Waals surface area contributed by atoms with Crippen LogP contribution in [0.1, 0.15) is 24.7 Å². The summed E-state index contributed by atoms with van der Waals surface area (Å²) in [6.45, 7) is 3.06. The summed E-state index contributed by atoms with van der Waals surface area (Å²) in [6.07, 6.45) is 9.72. The third kappa shape index (κ3) is 2.43. The monoisotopic (exact) mass is 201 g/mol. The van der Waals surface area contributed by atoms with Gasteiger partial charge in [0, 0.05) is 37.8 Å². The normalized spacial score (nSPS) is 10.5. The second-order valence-electron chi connectivity index (χ2n) is 3.58. The van der Waals surface area contributed by atoms with Crippen molar-refractivity contribution in [3.05, 3.63) is 48.3 Å². The highest BCUT2D eigenvalue weighted by molar-refractivity contribution is 5.11. The molecule has 0 aromatic carbocycles. The zero-order valence-corrected chi connectivity index (χ0v) is 8.93. The van der Waals surface area contributed by atoms with Gasteiger partial charge in [-0.1, -0.05) is 6.92 Å². The number of aromatic nitrogens is 3. The van der Waals surface area contributed by atoms with E-state index in [1.807, 2.05) is 36.9 Å². The number of hydrogen-bond acceptors (Lipinski definition) is 2. The molecule has 0 spiro atoms. The fraction of sp³-hybridized carbons (Fsp3) is 0.333. The van der Waals surface area contributed by atoms with E-state index in [9.17, 15) is 0 Å². The van der Waals surface area contributed by atoms with Gasteiger partial charge in [0.05, 0.1) is 0 Å². The van der Waals surface area contributed by atoms with E-state index in [1.54, 1.807) is 0 Å². The minimum Gasteiger partial charge on any atom is -0.331 e. The van der Waals surface area contributed by atoms with Crippen molar-refractivity contribution in [2.45, 2.75) is 26.3 Å².